The third-order valence-corrected chi connectivity index (χ3v) is 4.43. The Morgan fingerprint density at radius 3 is 2.96 bits per heavy atom. The molecule has 0 saturated carbocycles. The first-order chi connectivity index (χ1) is 11.2. The number of esters is 1. The van der Waals surface area contributed by atoms with Crippen LogP contribution < -0.4 is 5.32 Å². The summed E-state index contributed by atoms with van der Waals surface area (Å²) >= 11 is 2.92. The molecule has 0 bridgehead atoms. The number of furan rings is 1. The number of hydrogen-bond acceptors (Lipinski definition) is 7. The fraction of sp³-hybridized carbons (Fsp3) is 0.133. The number of nitrogens with one attached hydrogen (secondary N) is 1. The number of rotatable bonds is 6. The van der Waals surface area contributed by atoms with Crippen LogP contribution in [-0.2, 0) is 16.1 Å². The lowest BCUT2D eigenvalue weighted by atomic mass is 10.3. The number of ether oxygens (including phenoxy) is 1. The van der Waals surface area contributed by atoms with Crippen molar-refractivity contribution in [2.24, 2.45) is 0 Å². The Hall–Kier alpha value is -2.45. The molecule has 3 aromatic heterocycles. The highest BCUT2D eigenvalue weighted by Gasteiger charge is 2.15. The summed E-state index contributed by atoms with van der Waals surface area (Å²) in [5.41, 5.74) is 1.17. The van der Waals surface area contributed by atoms with Crippen LogP contribution in [0, 0.1) is 0 Å². The van der Waals surface area contributed by atoms with E-state index < -0.39 is 11.9 Å². The predicted molar refractivity (Wildman–Crippen MR) is 86.3 cm³/mol. The first kappa shape index (κ1) is 15.4. The van der Waals surface area contributed by atoms with Crippen molar-refractivity contribution < 1.29 is 18.7 Å². The summed E-state index contributed by atoms with van der Waals surface area (Å²) in [4.78, 5) is 27.7. The molecule has 23 heavy (non-hydrogen) atoms. The van der Waals surface area contributed by atoms with Crippen LogP contribution in [0.5, 0.6) is 0 Å². The van der Waals surface area contributed by atoms with E-state index in [-0.39, 0.29) is 18.8 Å². The van der Waals surface area contributed by atoms with Crippen LogP contribution in [0.25, 0.3) is 10.6 Å². The smallest absolute Gasteiger partial charge is 0.358 e. The van der Waals surface area contributed by atoms with Crippen LogP contribution in [-0.4, -0.2) is 23.5 Å². The minimum absolute atomic E-state index is 0.204. The topological polar surface area (TPSA) is 81.4 Å². The van der Waals surface area contributed by atoms with Crippen molar-refractivity contribution in [2.45, 2.75) is 6.54 Å². The summed E-state index contributed by atoms with van der Waals surface area (Å²) in [7, 11) is 0. The molecule has 6 nitrogen and oxygen atoms in total. The van der Waals surface area contributed by atoms with E-state index in [2.05, 4.69) is 10.3 Å². The van der Waals surface area contributed by atoms with E-state index >= 15 is 0 Å². The van der Waals surface area contributed by atoms with Crippen LogP contribution in [0.2, 0.25) is 0 Å². The third-order valence-electron chi connectivity index (χ3n) is 2.86. The second kappa shape index (κ2) is 7.21. The maximum Gasteiger partial charge on any atom is 0.358 e. The van der Waals surface area contributed by atoms with Gasteiger partial charge in [-0.1, -0.05) is 0 Å². The van der Waals surface area contributed by atoms with E-state index in [0.717, 1.165) is 10.6 Å². The van der Waals surface area contributed by atoms with E-state index in [4.69, 9.17) is 9.15 Å². The van der Waals surface area contributed by atoms with Gasteiger partial charge in [0.25, 0.3) is 5.91 Å². The van der Waals surface area contributed by atoms with Gasteiger partial charge in [0.1, 0.15) is 10.8 Å². The van der Waals surface area contributed by atoms with Crippen molar-refractivity contribution in [3.63, 3.8) is 0 Å². The summed E-state index contributed by atoms with van der Waals surface area (Å²) in [5, 5.41) is 8.86. The molecule has 0 aliphatic heterocycles. The molecule has 0 aliphatic carbocycles. The number of carbonyl (C=O) groups excluding carboxylic acids is 2. The highest BCUT2D eigenvalue weighted by atomic mass is 32.1. The molecule has 1 N–H and O–H groups in total. The van der Waals surface area contributed by atoms with Crippen molar-refractivity contribution in [2.75, 3.05) is 6.61 Å². The average Bonchev–Trinajstić information content (AvgIpc) is 3.31. The summed E-state index contributed by atoms with van der Waals surface area (Å²) in [6, 6.07) is 5.41. The number of thiazole rings is 1. The summed E-state index contributed by atoms with van der Waals surface area (Å²) in [6.07, 6.45) is 1.52. The molecule has 3 heterocycles. The molecule has 0 radical (unpaired) electrons. The SMILES string of the molecule is O=C(COC(=O)c1csc(-c2ccsc2)n1)NCc1ccco1. The number of thiophene rings is 1. The Balaban J connectivity index is 1.48. The van der Waals surface area contributed by atoms with Gasteiger partial charge in [0.2, 0.25) is 0 Å². The van der Waals surface area contributed by atoms with E-state index in [9.17, 15) is 9.59 Å². The van der Waals surface area contributed by atoms with Gasteiger partial charge in [-0.05, 0) is 23.6 Å². The lowest BCUT2D eigenvalue weighted by Crippen LogP contribution is -2.28. The standard InChI is InChI=1S/C15H12N2O4S2/c18-13(16-6-11-2-1-4-20-11)7-21-15(19)12-9-23-14(17-12)10-3-5-22-8-10/h1-5,8-9H,6-7H2,(H,16,18). The van der Waals surface area contributed by atoms with E-state index in [1.54, 1.807) is 28.8 Å². The highest BCUT2D eigenvalue weighted by Crippen LogP contribution is 2.25. The second-order valence-electron chi connectivity index (χ2n) is 4.48. The van der Waals surface area contributed by atoms with Gasteiger partial charge >= 0.3 is 5.97 Å². The molecular weight excluding hydrogens is 336 g/mol. The normalized spacial score (nSPS) is 10.4. The molecular formula is C15H12N2O4S2. The van der Waals surface area contributed by atoms with Gasteiger partial charge in [-0.15, -0.1) is 11.3 Å². The number of hydrogen-bond donors (Lipinski definition) is 1. The molecule has 3 rings (SSSR count). The zero-order chi connectivity index (χ0) is 16.1. The van der Waals surface area contributed by atoms with E-state index in [1.807, 2.05) is 16.8 Å². The molecule has 0 saturated heterocycles. The molecule has 1 amide bonds. The van der Waals surface area contributed by atoms with Gasteiger partial charge in [0.15, 0.2) is 12.3 Å². The fourth-order valence-electron chi connectivity index (χ4n) is 1.74. The van der Waals surface area contributed by atoms with Crippen LogP contribution in [0.3, 0.4) is 0 Å². The number of aromatic nitrogens is 1. The molecule has 0 aromatic carbocycles. The van der Waals surface area contributed by atoms with Gasteiger partial charge in [-0.3, -0.25) is 4.79 Å². The second-order valence-corrected chi connectivity index (χ2v) is 6.12. The number of amides is 1. The van der Waals surface area contributed by atoms with Crippen molar-refractivity contribution in [1.82, 2.24) is 10.3 Å². The zero-order valence-corrected chi connectivity index (χ0v) is 13.5. The fourth-order valence-corrected chi connectivity index (χ4v) is 3.24. The minimum atomic E-state index is -0.615. The Bertz CT molecular complexity index is 778. The maximum absolute atomic E-state index is 11.9. The van der Waals surface area contributed by atoms with Crippen LogP contribution in [0.15, 0.2) is 45.0 Å². The highest BCUT2D eigenvalue weighted by molar-refractivity contribution is 7.14. The molecule has 0 unspecified atom stereocenters. The van der Waals surface area contributed by atoms with E-state index in [0.29, 0.717) is 5.76 Å². The van der Waals surface area contributed by atoms with Gasteiger partial charge < -0.3 is 14.5 Å². The quantitative estimate of drug-likeness (QED) is 0.693. The first-order valence-corrected chi connectivity index (χ1v) is 8.49. The predicted octanol–water partition coefficient (Wildman–Crippen LogP) is 2.94. The summed E-state index contributed by atoms with van der Waals surface area (Å²) in [5.74, 6) is -0.386. The van der Waals surface area contributed by atoms with Crippen molar-refractivity contribution in [3.05, 3.63) is 52.1 Å². The van der Waals surface area contributed by atoms with E-state index in [1.165, 1.54) is 17.6 Å². The number of nitrogens with zero attached hydrogens (tertiary/aromatic N) is 1. The molecule has 8 heteroatoms. The largest absolute Gasteiger partial charge is 0.467 e. The summed E-state index contributed by atoms with van der Waals surface area (Å²) in [6.45, 7) is -0.104. The molecule has 3 aromatic rings. The molecule has 118 valence electrons. The van der Waals surface area contributed by atoms with Gasteiger partial charge in [-0.25, -0.2) is 9.78 Å². The van der Waals surface area contributed by atoms with Crippen molar-refractivity contribution in [1.29, 1.82) is 0 Å². The molecule has 0 atom stereocenters. The van der Waals surface area contributed by atoms with Gasteiger partial charge in [0.05, 0.1) is 12.8 Å². The average molecular weight is 348 g/mol. The maximum atomic E-state index is 11.9. The molecule has 0 fully saturated rings. The summed E-state index contributed by atoms with van der Waals surface area (Å²) < 4.78 is 10.0. The lowest BCUT2D eigenvalue weighted by molar-refractivity contribution is -0.124. The van der Waals surface area contributed by atoms with Crippen LogP contribution in [0.1, 0.15) is 16.2 Å². The van der Waals surface area contributed by atoms with Crippen LogP contribution in [0.4, 0.5) is 0 Å². The Morgan fingerprint density at radius 2 is 2.22 bits per heavy atom. The molecule has 0 spiro atoms. The van der Waals surface area contributed by atoms with Crippen LogP contribution >= 0.6 is 22.7 Å². The number of carbonyl (C=O) groups is 2. The molecule has 0 aliphatic rings. The Labute approximate surface area is 139 Å². The minimum Gasteiger partial charge on any atom is -0.467 e. The Kier molecular flexibility index (Phi) is 4.84. The zero-order valence-electron chi connectivity index (χ0n) is 11.9. The van der Waals surface area contributed by atoms with Crippen molar-refractivity contribution >= 4 is 34.6 Å². The van der Waals surface area contributed by atoms with Crippen molar-refractivity contribution in [3.8, 4) is 10.6 Å². The third kappa shape index (κ3) is 4.05. The first-order valence-electron chi connectivity index (χ1n) is 6.66. The Morgan fingerprint density at radius 1 is 1.30 bits per heavy atom. The van der Waals surface area contributed by atoms with Gasteiger partial charge in [-0.2, -0.15) is 11.3 Å². The monoisotopic (exact) mass is 348 g/mol. The van der Waals surface area contributed by atoms with Gasteiger partial charge in [0, 0.05) is 16.3 Å². The lowest BCUT2D eigenvalue weighted by Gasteiger charge is -2.04.